The van der Waals surface area contributed by atoms with Gasteiger partial charge in [0.2, 0.25) is 6.10 Å². The second-order valence-electron chi connectivity index (χ2n) is 31.3. The van der Waals surface area contributed by atoms with Crippen LogP contribution >= 0.6 is 0 Å². The van der Waals surface area contributed by atoms with Crippen molar-refractivity contribution in [3.8, 4) is 17.6 Å². The number of aromatic hydroxyl groups is 1. The highest BCUT2D eigenvalue weighted by atomic mass is 32.2. The van der Waals surface area contributed by atoms with Crippen LogP contribution in [0.1, 0.15) is 239 Å². The summed E-state index contributed by atoms with van der Waals surface area (Å²) in [5.41, 5.74) is -5.16. The van der Waals surface area contributed by atoms with Crippen LogP contribution in [-0.2, 0) is 68.7 Å². The predicted molar refractivity (Wildman–Crippen MR) is 382 cm³/mol. The molecule has 0 amide bonds. The summed E-state index contributed by atoms with van der Waals surface area (Å²) < 4.78 is 113. The minimum atomic E-state index is -5.27. The number of hydrogen-bond donors (Lipinski definition) is 1. The lowest BCUT2D eigenvalue weighted by Gasteiger charge is -2.60. The fourth-order valence-electron chi connectivity index (χ4n) is 11.9. The van der Waals surface area contributed by atoms with Crippen LogP contribution in [0.3, 0.4) is 0 Å². The van der Waals surface area contributed by atoms with E-state index in [1.165, 1.54) is 40.3 Å². The molecule has 9 rings (SSSR count). The summed E-state index contributed by atoms with van der Waals surface area (Å²) in [7, 11) is -5.46. The molecule has 0 aliphatic heterocycles. The van der Waals surface area contributed by atoms with E-state index < -0.39 is 78.6 Å². The lowest BCUT2D eigenvalue weighted by Crippen LogP contribution is -2.61. The number of hydrogen-bond acceptors (Lipinski definition) is 14. The minimum absolute atomic E-state index is 0.00100. The van der Waals surface area contributed by atoms with Gasteiger partial charge in [0.25, 0.3) is 0 Å². The minimum Gasteiger partial charge on any atom is -0.748 e. The molecule has 1 N–H and O–H groups in total. The van der Waals surface area contributed by atoms with Gasteiger partial charge in [-0.25, -0.2) is 12.8 Å². The second-order valence-corrected chi connectivity index (χ2v) is 34.8. The number of phenolic OH excluding ortho intramolecular Hbond substituents is 1. The van der Waals surface area contributed by atoms with Crippen LogP contribution in [0.4, 0.5) is 17.6 Å². The summed E-state index contributed by atoms with van der Waals surface area (Å²) in [6, 6.07) is 34.9. The summed E-state index contributed by atoms with van der Waals surface area (Å²) in [6.07, 6.45) is 2.64. The van der Waals surface area contributed by atoms with Gasteiger partial charge in [-0.15, -0.1) is 0 Å². The predicted octanol–water partition coefficient (Wildman–Crippen LogP) is 19.0. The highest BCUT2D eigenvalue weighted by Crippen LogP contribution is 2.64. The molecule has 5 aliphatic carbocycles. The molecule has 5 saturated carbocycles. The number of esters is 5. The molecule has 556 valence electrons. The SMILES string of the molecule is CCC(C)(C)C(=O)OC(C)(C)C#CC(C)(C)OC(=O)C(C)(C)CC.CCC(C)(C)C(=O)OC1(C)CCCC1.CCC(C)(C)C(=O)OC12CC3CC(C1)CC(C(=O)OC(CS(=O)(=O)[O-])C(F)(F)F)(C3)C2.CCC(C)c1ccc(O)cc1.Fc1ccc([S+](c2ccccc2)c2ccccc2)cc1. The molecule has 4 atom stereocenters. The molecule has 4 aromatic carbocycles. The number of alkyl halides is 3. The van der Waals surface area contributed by atoms with Gasteiger partial charge in [0, 0.05) is 6.42 Å². The number of halogens is 4. The highest BCUT2D eigenvalue weighted by Gasteiger charge is 2.64. The fourth-order valence-corrected chi connectivity index (χ4v) is 14.6. The van der Waals surface area contributed by atoms with E-state index in [0.717, 1.165) is 37.0 Å². The first kappa shape index (κ1) is 86.0. The van der Waals surface area contributed by atoms with Gasteiger partial charge in [0.1, 0.15) is 22.8 Å². The number of carbonyl (C=O) groups excluding carboxylic acids is 5. The van der Waals surface area contributed by atoms with E-state index in [1.54, 1.807) is 53.7 Å². The molecule has 100 heavy (non-hydrogen) atoms. The van der Waals surface area contributed by atoms with Crippen molar-refractivity contribution in [2.24, 2.45) is 38.9 Å². The first-order valence-corrected chi connectivity index (χ1v) is 37.9. The molecule has 0 aromatic heterocycles. The van der Waals surface area contributed by atoms with Crippen LogP contribution in [-0.4, -0.2) is 88.4 Å². The Kier molecular flexibility index (Phi) is 30.2. The maximum atomic E-state index is 13.3. The molecule has 14 nitrogen and oxygen atoms in total. The molecule has 20 heteroatoms. The summed E-state index contributed by atoms with van der Waals surface area (Å²) in [5, 5.41) is 9.01. The monoisotopic (exact) mass is 1440 g/mol. The van der Waals surface area contributed by atoms with Gasteiger partial charge in [-0.3, -0.25) is 24.0 Å². The Balaban J connectivity index is 0.000000277. The van der Waals surface area contributed by atoms with Gasteiger partial charge < -0.3 is 33.3 Å². The zero-order valence-electron chi connectivity index (χ0n) is 62.6. The van der Waals surface area contributed by atoms with Crippen molar-refractivity contribution in [2.75, 3.05) is 5.75 Å². The number of phenols is 1. The number of rotatable bonds is 21. The van der Waals surface area contributed by atoms with Crippen LogP contribution in [0.5, 0.6) is 5.75 Å². The Morgan fingerprint density at radius 2 is 0.980 bits per heavy atom. The van der Waals surface area contributed by atoms with E-state index >= 15 is 0 Å². The summed E-state index contributed by atoms with van der Waals surface area (Å²) in [4.78, 5) is 65.6. The summed E-state index contributed by atoms with van der Waals surface area (Å²) in [5.74, 6) is 2.55. The van der Waals surface area contributed by atoms with Gasteiger partial charge in [-0.2, -0.15) is 13.2 Å². The molecule has 0 spiro atoms. The largest absolute Gasteiger partial charge is 0.748 e. The van der Waals surface area contributed by atoms with Gasteiger partial charge >= 0.3 is 36.0 Å². The van der Waals surface area contributed by atoms with Crippen molar-refractivity contribution in [1.29, 1.82) is 0 Å². The van der Waals surface area contributed by atoms with E-state index in [0.29, 0.717) is 56.6 Å². The molecular weight excluding hydrogens is 1320 g/mol. The average Bonchev–Trinajstić information content (AvgIpc) is 0.812. The average molecular weight is 1440 g/mol. The standard InChI is InChI=1S/C20H29F3O7S.C20H34O4.C18H14FS.C12H22O2.C10H14O/c1-4-17(2,3)15(24)30-19-8-12-5-13(9-19)7-18(6-12,11-19)16(25)29-14(20(21,22)23)10-31(26,27)28;1-11-17(3,4)15(21)23-19(7,8)13-14-20(9,10)24-16(22)18(5,6)12-2;19-15-11-13-18(14-12-15)20(16-7-3-1-4-8-16)17-9-5-2-6-10-17;1-5-11(2,3)10(13)14-12(4)8-6-7-9-12;1-3-8(2)9-4-6-10(11)7-5-9/h12-14H,4-11H2,1-3H3,(H,26,27,28);11-12H2,1-10H3;1-14H;5-9H2,1-4H3;4-8,11H,3H2,1-2H3/q;;+1;;/p-1. The molecule has 5 aliphatic rings. The molecular formula is C80H112F4O14S2. The zero-order valence-corrected chi connectivity index (χ0v) is 64.2. The topological polar surface area (TPSA) is 209 Å². The fraction of sp³-hybridized carbons (Fsp3) is 0.613. The van der Waals surface area contributed by atoms with E-state index in [1.807, 2.05) is 130 Å². The molecule has 4 unspecified atom stereocenters. The third kappa shape index (κ3) is 25.8. The molecule has 0 heterocycles. The Morgan fingerprint density at radius 1 is 0.590 bits per heavy atom. The Morgan fingerprint density at radius 3 is 1.36 bits per heavy atom. The number of ether oxygens (including phenoxy) is 5. The molecule has 4 bridgehead atoms. The lowest BCUT2D eigenvalue weighted by atomic mass is 9.48. The van der Waals surface area contributed by atoms with Crippen molar-refractivity contribution in [3.05, 3.63) is 121 Å². The number of carbonyl (C=O) groups is 5. The van der Waals surface area contributed by atoms with Crippen LogP contribution in [0.25, 0.3) is 0 Å². The Bertz CT molecular complexity index is 3390. The Labute approximate surface area is 597 Å². The van der Waals surface area contributed by atoms with Crippen LogP contribution in [0.15, 0.2) is 124 Å². The molecule has 0 radical (unpaired) electrons. The van der Waals surface area contributed by atoms with Gasteiger partial charge in [-0.1, -0.05) is 102 Å². The zero-order chi connectivity index (χ0) is 75.7. The molecule has 4 aromatic rings. The number of benzene rings is 4. The van der Waals surface area contributed by atoms with E-state index in [2.05, 4.69) is 61.6 Å². The van der Waals surface area contributed by atoms with Crippen molar-refractivity contribution in [2.45, 2.75) is 283 Å². The van der Waals surface area contributed by atoms with Gasteiger partial charge in [0.05, 0.1) is 53.8 Å². The third-order valence-corrected chi connectivity index (χ3v) is 22.8. The highest BCUT2D eigenvalue weighted by molar-refractivity contribution is 7.97. The van der Waals surface area contributed by atoms with Crippen LogP contribution in [0, 0.1) is 56.6 Å². The lowest BCUT2D eigenvalue weighted by molar-refractivity contribution is -0.239. The first-order valence-electron chi connectivity index (χ1n) is 35.1. The van der Waals surface area contributed by atoms with Gasteiger partial charge in [0.15, 0.2) is 25.9 Å². The second kappa shape index (κ2) is 35.2. The van der Waals surface area contributed by atoms with Crippen LogP contribution < -0.4 is 0 Å². The molecule has 5 fully saturated rings. The maximum absolute atomic E-state index is 13.3. The molecule has 0 saturated heterocycles. The Hall–Kier alpha value is -6.43. The summed E-state index contributed by atoms with van der Waals surface area (Å²) in [6.45, 7) is 35.9. The van der Waals surface area contributed by atoms with Crippen molar-refractivity contribution in [3.63, 3.8) is 0 Å². The van der Waals surface area contributed by atoms with E-state index in [-0.39, 0.29) is 63.9 Å². The smallest absolute Gasteiger partial charge is 0.426 e. The first-order chi connectivity index (χ1) is 46.1. The maximum Gasteiger partial charge on any atom is 0.426 e. The van der Waals surface area contributed by atoms with Crippen molar-refractivity contribution < 1.29 is 83.3 Å². The third-order valence-electron chi connectivity index (χ3n) is 19.9. The van der Waals surface area contributed by atoms with Crippen molar-refractivity contribution >= 4 is 50.9 Å². The quantitative estimate of drug-likeness (QED) is 0.0206. The van der Waals surface area contributed by atoms with E-state index in [9.17, 15) is 54.5 Å². The normalized spacial score (nSPS) is 20.1. The summed E-state index contributed by atoms with van der Waals surface area (Å²) >= 11 is 0. The van der Waals surface area contributed by atoms with Crippen molar-refractivity contribution in [1.82, 2.24) is 0 Å². The van der Waals surface area contributed by atoms with E-state index in [4.69, 9.17) is 24.1 Å². The van der Waals surface area contributed by atoms with Crippen LogP contribution in [0.2, 0.25) is 0 Å². The van der Waals surface area contributed by atoms with Gasteiger partial charge in [-0.05, 0) is 264 Å².